The molecule has 29 heavy (non-hydrogen) atoms. The second-order valence-electron chi connectivity index (χ2n) is 7.90. The Bertz CT molecular complexity index is 875. The molecule has 0 spiro atoms. The van der Waals surface area contributed by atoms with Crippen LogP contribution in [-0.4, -0.2) is 11.7 Å². The van der Waals surface area contributed by atoms with Crippen LogP contribution in [0.15, 0.2) is 66.7 Å². The maximum absolute atomic E-state index is 8.90. The Morgan fingerprint density at radius 1 is 0.621 bits per heavy atom. The molecular weight excluding hydrogens is 352 g/mol. The fraction of sp³-hybridized carbons (Fsp3) is 0.357. The van der Waals surface area contributed by atoms with Gasteiger partial charge in [-0.15, -0.1) is 0 Å². The van der Waals surface area contributed by atoms with E-state index < -0.39 is 0 Å². The second-order valence-corrected chi connectivity index (χ2v) is 7.90. The second kappa shape index (κ2) is 11.0. The molecule has 0 bridgehead atoms. The van der Waals surface area contributed by atoms with Gasteiger partial charge < -0.3 is 5.11 Å². The zero-order valence-corrected chi connectivity index (χ0v) is 18.0. The number of aliphatic hydroxyl groups excluding tert-OH is 1. The average molecular weight is 387 g/mol. The summed E-state index contributed by atoms with van der Waals surface area (Å²) in [5.41, 5.74) is 9.43. The van der Waals surface area contributed by atoms with Gasteiger partial charge in [0, 0.05) is 6.61 Å². The van der Waals surface area contributed by atoms with E-state index in [0.29, 0.717) is 6.61 Å². The van der Waals surface area contributed by atoms with Gasteiger partial charge in [-0.3, -0.25) is 0 Å². The van der Waals surface area contributed by atoms with E-state index in [9.17, 15) is 0 Å². The predicted molar refractivity (Wildman–Crippen MR) is 125 cm³/mol. The molecular formula is C28H34O. The van der Waals surface area contributed by atoms with Crippen molar-refractivity contribution in [3.63, 3.8) is 0 Å². The van der Waals surface area contributed by atoms with E-state index in [0.717, 1.165) is 38.5 Å². The van der Waals surface area contributed by atoms with Crippen molar-refractivity contribution < 1.29 is 5.11 Å². The van der Waals surface area contributed by atoms with E-state index in [1.54, 1.807) is 0 Å². The summed E-state index contributed by atoms with van der Waals surface area (Å²) in [6.07, 6.45) is 7.61. The van der Waals surface area contributed by atoms with Crippen LogP contribution in [-0.2, 0) is 19.3 Å². The summed E-state index contributed by atoms with van der Waals surface area (Å²) in [6, 6.07) is 25.0. The van der Waals surface area contributed by atoms with E-state index in [1.807, 2.05) is 0 Å². The smallest absolute Gasteiger partial charge is 0.0431 e. The molecule has 0 aromatic heterocycles. The fourth-order valence-corrected chi connectivity index (χ4v) is 3.97. The summed E-state index contributed by atoms with van der Waals surface area (Å²) in [7, 11) is 0. The zero-order chi connectivity index (χ0) is 20.5. The van der Waals surface area contributed by atoms with Gasteiger partial charge in [-0.1, -0.05) is 93.4 Å². The molecule has 0 radical (unpaired) electrons. The summed E-state index contributed by atoms with van der Waals surface area (Å²) in [6.45, 7) is 4.77. The monoisotopic (exact) mass is 386 g/mol. The van der Waals surface area contributed by atoms with Gasteiger partial charge in [0.2, 0.25) is 0 Å². The van der Waals surface area contributed by atoms with E-state index in [4.69, 9.17) is 5.11 Å². The highest BCUT2D eigenvalue weighted by Crippen LogP contribution is 2.30. The predicted octanol–water partition coefficient (Wildman–Crippen LogP) is 7.24. The normalized spacial score (nSPS) is 11.0. The maximum Gasteiger partial charge on any atom is 0.0431 e. The number of aryl methyl sites for hydroxylation is 3. The molecule has 3 aromatic carbocycles. The summed E-state index contributed by atoms with van der Waals surface area (Å²) in [5.74, 6) is 0. The molecule has 0 aliphatic carbocycles. The summed E-state index contributed by atoms with van der Waals surface area (Å²) in [5, 5.41) is 8.90. The highest BCUT2D eigenvalue weighted by molar-refractivity contribution is 5.74. The van der Waals surface area contributed by atoms with Gasteiger partial charge in [-0.05, 0) is 71.0 Å². The standard InChI is InChI=1S/C28H34O/c1-3-8-22-10-14-25(15-11-22)27-18-19-28(24(4-2)21-27)26-16-12-23(13-17-26)9-6-5-7-20-29/h10-19,21,29H,3-9,20H2,1-2H3. The number of aliphatic hydroxyl groups is 1. The zero-order valence-electron chi connectivity index (χ0n) is 18.0. The molecule has 1 heteroatoms. The Morgan fingerprint density at radius 2 is 1.24 bits per heavy atom. The topological polar surface area (TPSA) is 20.2 Å². The first-order chi connectivity index (χ1) is 14.2. The van der Waals surface area contributed by atoms with E-state index in [-0.39, 0.29) is 0 Å². The van der Waals surface area contributed by atoms with Gasteiger partial charge in [-0.25, -0.2) is 0 Å². The quantitative estimate of drug-likeness (QED) is 0.364. The molecule has 0 aliphatic rings. The van der Waals surface area contributed by atoms with Crippen LogP contribution in [0.25, 0.3) is 22.3 Å². The number of hydrogen-bond acceptors (Lipinski definition) is 1. The van der Waals surface area contributed by atoms with Crippen molar-refractivity contribution in [3.05, 3.63) is 83.4 Å². The molecule has 0 atom stereocenters. The van der Waals surface area contributed by atoms with E-state index >= 15 is 0 Å². The minimum Gasteiger partial charge on any atom is -0.396 e. The van der Waals surface area contributed by atoms with Crippen molar-refractivity contribution in [3.8, 4) is 22.3 Å². The highest BCUT2D eigenvalue weighted by atomic mass is 16.2. The fourth-order valence-electron chi connectivity index (χ4n) is 3.97. The number of benzene rings is 3. The lowest BCUT2D eigenvalue weighted by atomic mass is 9.92. The lowest BCUT2D eigenvalue weighted by Gasteiger charge is -2.12. The number of unbranched alkanes of at least 4 members (excludes halogenated alkanes) is 2. The van der Waals surface area contributed by atoms with Crippen LogP contribution in [0.2, 0.25) is 0 Å². The van der Waals surface area contributed by atoms with Gasteiger partial charge in [0.1, 0.15) is 0 Å². The Balaban J connectivity index is 1.76. The molecule has 0 aliphatic heterocycles. The van der Waals surface area contributed by atoms with Gasteiger partial charge >= 0.3 is 0 Å². The molecule has 152 valence electrons. The van der Waals surface area contributed by atoms with Crippen LogP contribution in [0.1, 0.15) is 56.2 Å². The molecule has 1 N–H and O–H groups in total. The largest absolute Gasteiger partial charge is 0.396 e. The van der Waals surface area contributed by atoms with Crippen molar-refractivity contribution in [1.82, 2.24) is 0 Å². The molecule has 0 amide bonds. The average Bonchev–Trinajstić information content (AvgIpc) is 2.77. The van der Waals surface area contributed by atoms with Crippen molar-refractivity contribution in [2.75, 3.05) is 6.61 Å². The van der Waals surface area contributed by atoms with Crippen molar-refractivity contribution in [1.29, 1.82) is 0 Å². The van der Waals surface area contributed by atoms with Crippen molar-refractivity contribution in [2.24, 2.45) is 0 Å². The first-order valence-corrected chi connectivity index (χ1v) is 11.2. The van der Waals surface area contributed by atoms with E-state index in [2.05, 4.69) is 80.6 Å². The highest BCUT2D eigenvalue weighted by Gasteiger charge is 2.07. The summed E-state index contributed by atoms with van der Waals surface area (Å²) in [4.78, 5) is 0. The third kappa shape index (κ3) is 5.81. The Kier molecular flexibility index (Phi) is 8.07. The van der Waals surface area contributed by atoms with Crippen LogP contribution >= 0.6 is 0 Å². The third-order valence-electron chi connectivity index (χ3n) is 5.70. The number of hydrogen-bond donors (Lipinski definition) is 1. The van der Waals surface area contributed by atoms with E-state index in [1.165, 1.54) is 45.4 Å². The van der Waals surface area contributed by atoms with Gasteiger partial charge in [-0.2, -0.15) is 0 Å². The van der Waals surface area contributed by atoms with Gasteiger partial charge in [0.05, 0.1) is 0 Å². The molecule has 1 nitrogen and oxygen atoms in total. The van der Waals surface area contributed by atoms with Crippen LogP contribution in [0.3, 0.4) is 0 Å². The molecule has 0 unspecified atom stereocenters. The summed E-state index contributed by atoms with van der Waals surface area (Å²) >= 11 is 0. The van der Waals surface area contributed by atoms with Crippen LogP contribution in [0, 0.1) is 0 Å². The Hall–Kier alpha value is -2.38. The summed E-state index contributed by atoms with van der Waals surface area (Å²) < 4.78 is 0. The van der Waals surface area contributed by atoms with Gasteiger partial charge in [0.15, 0.2) is 0 Å². The first-order valence-electron chi connectivity index (χ1n) is 11.2. The minimum absolute atomic E-state index is 0.303. The molecule has 3 rings (SSSR count). The molecule has 0 saturated heterocycles. The van der Waals surface area contributed by atoms with Crippen LogP contribution < -0.4 is 0 Å². The van der Waals surface area contributed by atoms with Crippen LogP contribution in [0.4, 0.5) is 0 Å². The minimum atomic E-state index is 0.303. The van der Waals surface area contributed by atoms with Gasteiger partial charge in [0.25, 0.3) is 0 Å². The SMILES string of the molecule is CCCc1ccc(-c2ccc(-c3ccc(CCCCCO)cc3)c(CC)c2)cc1. The van der Waals surface area contributed by atoms with Crippen molar-refractivity contribution in [2.45, 2.75) is 58.8 Å². The third-order valence-corrected chi connectivity index (χ3v) is 5.70. The number of rotatable bonds is 10. The van der Waals surface area contributed by atoms with Crippen LogP contribution in [0.5, 0.6) is 0 Å². The molecule has 0 saturated carbocycles. The molecule has 0 fully saturated rings. The molecule has 3 aromatic rings. The first kappa shape index (κ1) is 21.3. The lowest BCUT2D eigenvalue weighted by Crippen LogP contribution is -1.92. The Labute approximate surface area is 176 Å². The molecule has 0 heterocycles. The van der Waals surface area contributed by atoms with Crippen molar-refractivity contribution >= 4 is 0 Å². The Morgan fingerprint density at radius 3 is 1.86 bits per heavy atom. The lowest BCUT2D eigenvalue weighted by molar-refractivity contribution is 0.283. The maximum atomic E-state index is 8.90.